The van der Waals surface area contributed by atoms with Gasteiger partial charge in [0.05, 0.1) is 7.11 Å². The second kappa shape index (κ2) is 6.78. The molecule has 0 heterocycles. The Morgan fingerprint density at radius 3 is 2.15 bits per heavy atom. The van der Waals surface area contributed by atoms with E-state index in [2.05, 4.69) is 0 Å². The minimum absolute atomic E-state index is 0.0742. The van der Waals surface area contributed by atoms with Gasteiger partial charge in [-0.3, -0.25) is 4.79 Å². The number of halogens is 2. The molecule has 0 N–H and O–H groups in total. The number of benzene rings is 2. The number of ketones is 1. The molecule has 0 atom stereocenters. The van der Waals surface area contributed by atoms with Gasteiger partial charge in [0, 0.05) is 22.9 Å². The summed E-state index contributed by atoms with van der Waals surface area (Å²) in [7, 11) is 1.61. The van der Waals surface area contributed by atoms with Gasteiger partial charge in [0.15, 0.2) is 0 Å². The van der Waals surface area contributed by atoms with Gasteiger partial charge in [-0.05, 0) is 35.4 Å². The van der Waals surface area contributed by atoms with E-state index in [0.717, 1.165) is 11.3 Å². The number of Topliss-reactive ketones (excluding diaryl/α,β-unsaturated/α-hetero) is 1. The van der Waals surface area contributed by atoms with Crippen molar-refractivity contribution in [3.05, 3.63) is 63.6 Å². The highest BCUT2D eigenvalue weighted by Gasteiger charge is 2.11. The van der Waals surface area contributed by atoms with E-state index in [-0.39, 0.29) is 12.2 Å². The molecule has 2 aromatic rings. The van der Waals surface area contributed by atoms with Crippen LogP contribution in [0, 0.1) is 0 Å². The predicted molar refractivity (Wildman–Crippen MR) is 81.9 cm³/mol. The average Bonchev–Trinajstić information content (AvgIpc) is 2.44. The molecular weight excluding hydrogens is 295 g/mol. The number of hydrogen-bond acceptors (Lipinski definition) is 2. The fraction of sp³-hybridized carbons (Fsp3) is 0.188. The Balaban J connectivity index is 2.05. The summed E-state index contributed by atoms with van der Waals surface area (Å²) in [6, 6.07) is 12.7. The Morgan fingerprint density at radius 1 is 1.00 bits per heavy atom. The highest BCUT2D eigenvalue weighted by molar-refractivity contribution is 6.36. The Hall–Kier alpha value is -1.51. The lowest BCUT2D eigenvalue weighted by Crippen LogP contribution is -2.07. The van der Waals surface area contributed by atoms with E-state index in [1.165, 1.54) is 0 Å². The largest absolute Gasteiger partial charge is 0.497 e. The van der Waals surface area contributed by atoms with Crippen molar-refractivity contribution < 1.29 is 9.53 Å². The first kappa shape index (κ1) is 14.9. The summed E-state index contributed by atoms with van der Waals surface area (Å²) in [6.07, 6.45) is 0.593. The van der Waals surface area contributed by atoms with Gasteiger partial charge >= 0.3 is 0 Å². The molecule has 0 aliphatic rings. The average molecular weight is 309 g/mol. The minimum Gasteiger partial charge on any atom is -0.497 e. The molecule has 2 aromatic carbocycles. The molecule has 0 fully saturated rings. The molecule has 2 rings (SSSR count). The molecule has 2 nitrogen and oxygen atoms in total. The van der Waals surface area contributed by atoms with Crippen molar-refractivity contribution in [3.63, 3.8) is 0 Å². The maximum Gasteiger partial charge on any atom is 0.141 e. The molecule has 0 unspecified atom stereocenters. The third-order valence-corrected chi connectivity index (χ3v) is 3.70. The van der Waals surface area contributed by atoms with E-state index in [9.17, 15) is 4.79 Å². The molecule has 0 aliphatic heterocycles. The van der Waals surface area contributed by atoms with Crippen LogP contribution in [0.4, 0.5) is 0 Å². The quantitative estimate of drug-likeness (QED) is 0.820. The van der Waals surface area contributed by atoms with Crippen LogP contribution in [0.3, 0.4) is 0 Å². The Morgan fingerprint density at radius 2 is 1.60 bits per heavy atom. The Kier molecular flexibility index (Phi) is 5.05. The molecule has 0 aliphatic carbocycles. The lowest BCUT2D eigenvalue weighted by molar-refractivity contribution is -0.117. The number of methoxy groups -OCH3 is 1. The first-order valence-electron chi connectivity index (χ1n) is 6.17. The summed E-state index contributed by atoms with van der Waals surface area (Å²) in [5.74, 6) is 0.848. The third kappa shape index (κ3) is 3.75. The van der Waals surface area contributed by atoms with Crippen LogP contribution in [0.1, 0.15) is 11.1 Å². The van der Waals surface area contributed by atoms with E-state index in [1.54, 1.807) is 25.3 Å². The fourth-order valence-electron chi connectivity index (χ4n) is 1.93. The lowest BCUT2D eigenvalue weighted by atomic mass is 10.0. The van der Waals surface area contributed by atoms with Gasteiger partial charge < -0.3 is 4.74 Å². The standard InChI is InChI=1S/C16H14Cl2O2/c1-20-13-7-5-11(6-8-13)9-12(19)10-14-15(17)3-2-4-16(14)18/h2-8H,9-10H2,1H3. The van der Waals surface area contributed by atoms with Crippen LogP contribution in [-0.4, -0.2) is 12.9 Å². The van der Waals surface area contributed by atoms with Crippen molar-refractivity contribution in [2.75, 3.05) is 7.11 Å². The first-order chi connectivity index (χ1) is 9.60. The molecule has 20 heavy (non-hydrogen) atoms. The summed E-state index contributed by atoms with van der Waals surface area (Å²) in [6.45, 7) is 0. The smallest absolute Gasteiger partial charge is 0.141 e. The lowest BCUT2D eigenvalue weighted by Gasteiger charge is -2.07. The van der Waals surface area contributed by atoms with Crippen LogP contribution in [0.15, 0.2) is 42.5 Å². The van der Waals surface area contributed by atoms with Crippen molar-refractivity contribution in [2.24, 2.45) is 0 Å². The number of hydrogen-bond donors (Lipinski definition) is 0. The molecule has 0 amide bonds. The molecule has 0 bridgehead atoms. The van der Waals surface area contributed by atoms with Gasteiger partial charge in [0.2, 0.25) is 0 Å². The van der Waals surface area contributed by atoms with E-state index >= 15 is 0 Å². The van der Waals surface area contributed by atoms with Gasteiger partial charge in [0.25, 0.3) is 0 Å². The SMILES string of the molecule is COc1ccc(CC(=O)Cc2c(Cl)cccc2Cl)cc1. The van der Waals surface area contributed by atoms with Gasteiger partial charge in [0.1, 0.15) is 11.5 Å². The van der Waals surface area contributed by atoms with Gasteiger partial charge in [-0.25, -0.2) is 0 Å². The summed E-state index contributed by atoms with van der Waals surface area (Å²) in [4.78, 5) is 12.1. The summed E-state index contributed by atoms with van der Waals surface area (Å²) in [5, 5.41) is 1.06. The monoisotopic (exact) mass is 308 g/mol. The fourth-order valence-corrected chi connectivity index (χ4v) is 2.46. The highest BCUT2D eigenvalue weighted by atomic mass is 35.5. The van der Waals surface area contributed by atoms with E-state index in [4.69, 9.17) is 27.9 Å². The maximum atomic E-state index is 12.1. The van der Waals surface area contributed by atoms with Crippen LogP contribution >= 0.6 is 23.2 Å². The van der Waals surface area contributed by atoms with Crippen molar-refractivity contribution in [3.8, 4) is 5.75 Å². The van der Waals surface area contributed by atoms with Crippen LogP contribution in [0.5, 0.6) is 5.75 Å². The molecule has 0 aromatic heterocycles. The highest BCUT2D eigenvalue weighted by Crippen LogP contribution is 2.25. The zero-order chi connectivity index (χ0) is 14.5. The molecule has 0 saturated heterocycles. The zero-order valence-corrected chi connectivity index (χ0v) is 12.5. The van der Waals surface area contributed by atoms with Crippen LogP contribution in [0.2, 0.25) is 10.0 Å². The van der Waals surface area contributed by atoms with Gasteiger partial charge in [-0.2, -0.15) is 0 Å². The maximum absolute atomic E-state index is 12.1. The molecule has 104 valence electrons. The normalized spacial score (nSPS) is 10.3. The molecule has 0 saturated carbocycles. The zero-order valence-electron chi connectivity index (χ0n) is 11.0. The van der Waals surface area contributed by atoms with Gasteiger partial charge in [-0.1, -0.05) is 41.4 Å². The molecular formula is C16H14Cl2O2. The van der Waals surface area contributed by atoms with Crippen molar-refractivity contribution >= 4 is 29.0 Å². The molecule has 4 heteroatoms. The van der Waals surface area contributed by atoms with Crippen LogP contribution in [-0.2, 0) is 17.6 Å². The van der Waals surface area contributed by atoms with E-state index in [1.807, 2.05) is 24.3 Å². The van der Waals surface area contributed by atoms with Crippen LogP contribution < -0.4 is 4.74 Å². The summed E-state index contributed by atoms with van der Waals surface area (Å²) in [5.41, 5.74) is 1.63. The minimum atomic E-state index is 0.0742. The first-order valence-corrected chi connectivity index (χ1v) is 6.93. The number of ether oxygens (including phenoxy) is 1. The predicted octanol–water partition coefficient (Wildman–Crippen LogP) is 4.36. The summed E-state index contributed by atoms with van der Waals surface area (Å²) >= 11 is 12.1. The van der Waals surface area contributed by atoms with Crippen molar-refractivity contribution in [2.45, 2.75) is 12.8 Å². The van der Waals surface area contributed by atoms with Crippen LogP contribution in [0.25, 0.3) is 0 Å². The topological polar surface area (TPSA) is 26.3 Å². The van der Waals surface area contributed by atoms with E-state index < -0.39 is 0 Å². The Bertz CT molecular complexity index is 586. The van der Waals surface area contributed by atoms with Crippen molar-refractivity contribution in [1.29, 1.82) is 0 Å². The second-order valence-electron chi connectivity index (χ2n) is 4.44. The second-order valence-corrected chi connectivity index (χ2v) is 5.25. The van der Waals surface area contributed by atoms with Crippen molar-refractivity contribution in [1.82, 2.24) is 0 Å². The third-order valence-electron chi connectivity index (χ3n) is 3.00. The number of carbonyl (C=O) groups excluding carboxylic acids is 1. The Labute approximate surface area is 128 Å². The number of rotatable bonds is 5. The molecule has 0 spiro atoms. The summed E-state index contributed by atoms with van der Waals surface area (Å²) < 4.78 is 5.08. The molecule has 0 radical (unpaired) electrons. The van der Waals surface area contributed by atoms with E-state index in [0.29, 0.717) is 22.0 Å². The van der Waals surface area contributed by atoms with Gasteiger partial charge in [-0.15, -0.1) is 0 Å². The number of carbonyl (C=O) groups is 1.